The average Bonchev–Trinajstić information content (AvgIpc) is 3.19. The Balaban J connectivity index is 1.41. The van der Waals surface area contributed by atoms with Gasteiger partial charge in [-0.3, -0.25) is 14.5 Å². The molecule has 3 aliphatic rings. The van der Waals surface area contributed by atoms with E-state index in [1.165, 1.54) is 0 Å². The SMILES string of the molecule is CN1CCN(N2CN=C3NC(c4ccccn4)n4c(nc5ccccc54)N3C2)CC1. The van der Waals surface area contributed by atoms with Crippen LogP contribution < -0.4 is 10.2 Å². The molecule has 3 aliphatic heterocycles. The summed E-state index contributed by atoms with van der Waals surface area (Å²) in [5, 5.41) is 8.36. The molecule has 9 nitrogen and oxygen atoms in total. The van der Waals surface area contributed by atoms with Crippen LogP contribution in [0.4, 0.5) is 5.95 Å². The van der Waals surface area contributed by atoms with E-state index in [1.54, 1.807) is 0 Å². The molecule has 9 heteroatoms. The molecule has 30 heavy (non-hydrogen) atoms. The summed E-state index contributed by atoms with van der Waals surface area (Å²) in [6.07, 6.45) is 1.69. The highest BCUT2D eigenvalue weighted by atomic mass is 15.7. The molecule has 3 aromatic rings. The van der Waals surface area contributed by atoms with Crippen LogP contribution in [0.1, 0.15) is 11.9 Å². The van der Waals surface area contributed by atoms with Crippen LogP contribution in [0, 0.1) is 0 Å². The molecule has 2 aromatic heterocycles. The number of aliphatic imine (C=N–C) groups is 1. The van der Waals surface area contributed by atoms with Crippen LogP contribution in [-0.4, -0.2) is 82.0 Å². The van der Waals surface area contributed by atoms with E-state index in [1.807, 2.05) is 30.5 Å². The summed E-state index contributed by atoms with van der Waals surface area (Å²) in [4.78, 5) is 19.0. The minimum atomic E-state index is -0.140. The molecule has 1 fully saturated rings. The van der Waals surface area contributed by atoms with Crippen LogP contribution >= 0.6 is 0 Å². The van der Waals surface area contributed by atoms with Gasteiger partial charge in [0.15, 0.2) is 6.17 Å². The molecule has 0 aliphatic carbocycles. The van der Waals surface area contributed by atoms with Gasteiger partial charge in [-0.2, -0.15) is 0 Å². The number of anilines is 1. The molecule has 1 aromatic carbocycles. The minimum Gasteiger partial charge on any atom is -0.330 e. The predicted molar refractivity (Wildman–Crippen MR) is 116 cm³/mol. The summed E-state index contributed by atoms with van der Waals surface area (Å²) in [7, 11) is 2.18. The molecule has 6 rings (SSSR count). The van der Waals surface area contributed by atoms with Crippen molar-refractivity contribution in [2.24, 2.45) is 4.99 Å². The van der Waals surface area contributed by atoms with Crippen molar-refractivity contribution in [1.29, 1.82) is 0 Å². The van der Waals surface area contributed by atoms with Crippen LogP contribution in [0.2, 0.25) is 0 Å². The second-order valence-electron chi connectivity index (χ2n) is 8.03. The lowest BCUT2D eigenvalue weighted by Gasteiger charge is -2.46. The van der Waals surface area contributed by atoms with Crippen molar-refractivity contribution in [2.75, 3.05) is 51.5 Å². The highest BCUT2D eigenvalue weighted by molar-refractivity contribution is 5.98. The molecule has 1 atom stereocenters. The highest BCUT2D eigenvalue weighted by Gasteiger charge is 2.37. The molecule has 1 N–H and O–H groups in total. The minimum absolute atomic E-state index is 0.140. The summed E-state index contributed by atoms with van der Waals surface area (Å²) in [6.45, 7) is 5.58. The smallest absolute Gasteiger partial charge is 0.216 e. The topological polar surface area (TPSA) is 68.1 Å². The van der Waals surface area contributed by atoms with Gasteiger partial charge in [0.05, 0.1) is 23.4 Å². The standard InChI is InChI=1S/C21H25N9/c1-26-10-12-27(13-11-26)28-14-23-20-25-19(17-7-4-5-9-22-17)30-18-8-3-2-6-16(18)24-21(30)29(20)15-28/h2-9,19H,10-15H2,1H3,(H,23,25). The second-order valence-corrected chi connectivity index (χ2v) is 8.03. The Hall–Kier alpha value is -3.01. The normalized spacial score (nSPS) is 23.0. The van der Waals surface area contributed by atoms with E-state index in [2.05, 4.69) is 59.9 Å². The molecular weight excluding hydrogens is 378 g/mol. The van der Waals surface area contributed by atoms with Crippen molar-refractivity contribution in [1.82, 2.24) is 34.8 Å². The number of aromatic nitrogens is 3. The third kappa shape index (κ3) is 2.85. The Morgan fingerprint density at radius 1 is 0.967 bits per heavy atom. The number of nitrogens with zero attached hydrogens (tertiary/aromatic N) is 8. The van der Waals surface area contributed by atoms with Gasteiger partial charge in [-0.05, 0) is 31.3 Å². The highest BCUT2D eigenvalue weighted by Crippen LogP contribution is 2.33. The lowest BCUT2D eigenvalue weighted by Crippen LogP contribution is -2.62. The van der Waals surface area contributed by atoms with Crippen LogP contribution in [0.25, 0.3) is 11.0 Å². The van der Waals surface area contributed by atoms with E-state index in [4.69, 9.17) is 9.98 Å². The number of imidazole rings is 1. The van der Waals surface area contributed by atoms with E-state index in [-0.39, 0.29) is 6.17 Å². The molecular formula is C21H25N9. The first kappa shape index (κ1) is 17.8. The first-order chi connectivity index (χ1) is 14.8. The van der Waals surface area contributed by atoms with Crippen molar-refractivity contribution in [3.63, 3.8) is 0 Å². The number of pyridine rings is 1. The molecule has 154 valence electrons. The zero-order valence-electron chi connectivity index (χ0n) is 17.0. The summed E-state index contributed by atoms with van der Waals surface area (Å²) in [5.74, 6) is 1.77. The van der Waals surface area contributed by atoms with E-state index >= 15 is 0 Å². The van der Waals surface area contributed by atoms with Crippen LogP contribution in [-0.2, 0) is 0 Å². The van der Waals surface area contributed by atoms with Gasteiger partial charge in [-0.15, -0.1) is 0 Å². The third-order valence-electron chi connectivity index (χ3n) is 6.13. The number of benzene rings is 1. The number of para-hydroxylation sites is 2. The fourth-order valence-corrected chi connectivity index (χ4v) is 4.46. The maximum absolute atomic E-state index is 4.99. The molecule has 5 heterocycles. The van der Waals surface area contributed by atoms with E-state index in [0.717, 1.165) is 61.5 Å². The number of nitrogens with one attached hydrogen (secondary N) is 1. The fraction of sp³-hybridized carbons (Fsp3) is 0.381. The lowest BCUT2D eigenvalue weighted by atomic mass is 10.2. The van der Waals surface area contributed by atoms with E-state index < -0.39 is 0 Å². The fourth-order valence-electron chi connectivity index (χ4n) is 4.46. The van der Waals surface area contributed by atoms with E-state index in [9.17, 15) is 0 Å². The largest absolute Gasteiger partial charge is 0.330 e. The maximum atomic E-state index is 4.99. The maximum Gasteiger partial charge on any atom is 0.216 e. The Morgan fingerprint density at radius 2 is 1.80 bits per heavy atom. The van der Waals surface area contributed by atoms with Crippen molar-refractivity contribution in [3.8, 4) is 0 Å². The summed E-state index contributed by atoms with van der Waals surface area (Å²) >= 11 is 0. The molecule has 1 unspecified atom stereocenters. The Kier molecular flexibility index (Phi) is 4.19. The number of hydrazine groups is 1. The number of piperazine rings is 1. The third-order valence-corrected chi connectivity index (χ3v) is 6.13. The number of hydrogen-bond acceptors (Lipinski definition) is 8. The van der Waals surface area contributed by atoms with E-state index in [0.29, 0.717) is 6.67 Å². The summed E-state index contributed by atoms with van der Waals surface area (Å²) < 4.78 is 2.24. The summed E-state index contributed by atoms with van der Waals surface area (Å²) in [5.41, 5.74) is 3.02. The first-order valence-electron chi connectivity index (χ1n) is 10.4. The predicted octanol–water partition coefficient (Wildman–Crippen LogP) is 1.14. The Labute approximate surface area is 175 Å². The van der Waals surface area contributed by atoms with Crippen molar-refractivity contribution in [3.05, 3.63) is 54.4 Å². The number of fused-ring (bicyclic) bond motifs is 5. The number of hydrogen-bond donors (Lipinski definition) is 1. The monoisotopic (exact) mass is 403 g/mol. The van der Waals surface area contributed by atoms with Crippen LogP contribution in [0.15, 0.2) is 53.7 Å². The molecule has 0 radical (unpaired) electrons. The molecule has 1 saturated heterocycles. The summed E-state index contributed by atoms with van der Waals surface area (Å²) in [6, 6.07) is 14.3. The Bertz CT molecular complexity index is 1080. The van der Waals surface area contributed by atoms with Gasteiger partial charge in [0.2, 0.25) is 11.9 Å². The van der Waals surface area contributed by atoms with Gasteiger partial charge in [0.1, 0.15) is 6.67 Å². The average molecular weight is 403 g/mol. The van der Waals surface area contributed by atoms with Crippen molar-refractivity contribution < 1.29 is 0 Å². The number of rotatable bonds is 2. The first-order valence-corrected chi connectivity index (χ1v) is 10.4. The van der Waals surface area contributed by atoms with Gasteiger partial charge in [0, 0.05) is 32.4 Å². The van der Waals surface area contributed by atoms with Crippen LogP contribution in [0.5, 0.6) is 0 Å². The van der Waals surface area contributed by atoms with Gasteiger partial charge < -0.3 is 10.2 Å². The van der Waals surface area contributed by atoms with Gasteiger partial charge in [0.25, 0.3) is 0 Å². The van der Waals surface area contributed by atoms with Crippen molar-refractivity contribution in [2.45, 2.75) is 6.17 Å². The molecule has 0 amide bonds. The molecule has 0 saturated carbocycles. The second kappa shape index (κ2) is 7.05. The zero-order valence-corrected chi connectivity index (χ0v) is 17.0. The number of likely N-dealkylation sites (N-methyl/N-ethyl adjacent to an activating group) is 1. The van der Waals surface area contributed by atoms with Gasteiger partial charge in [-0.1, -0.05) is 18.2 Å². The van der Waals surface area contributed by atoms with Gasteiger partial charge in [-0.25, -0.2) is 20.0 Å². The quantitative estimate of drug-likeness (QED) is 0.688. The zero-order chi connectivity index (χ0) is 20.1. The number of guanidine groups is 1. The Morgan fingerprint density at radius 3 is 2.63 bits per heavy atom. The molecule has 0 spiro atoms. The van der Waals surface area contributed by atoms with Crippen LogP contribution in [0.3, 0.4) is 0 Å². The van der Waals surface area contributed by atoms with Crippen molar-refractivity contribution >= 4 is 22.9 Å². The van der Waals surface area contributed by atoms with Gasteiger partial charge >= 0.3 is 0 Å². The lowest BCUT2D eigenvalue weighted by molar-refractivity contribution is -0.0528. The molecule has 0 bridgehead atoms.